The summed E-state index contributed by atoms with van der Waals surface area (Å²) in [6.45, 7) is 7.86. The van der Waals surface area contributed by atoms with E-state index in [1.54, 1.807) is 11.4 Å². The third-order valence-corrected chi connectivity index (χ3v) is 4.36. The van der Waals surface area contributed by atoms with E-state index in [9.17, 15) is 14.9 Å². The summed E-state index contributed by atoms with van der Waals surface area (Å²) in [5.41, 5.74) is -0.201. The Kier molecular flexibility index (Phi) is 3.16. The van der Waals surface area contributed by atoms with Gasteiger partial charge in [0.1, 0.15) is 11.5 Å². The molecular formula is C13H18N2O3S. The summed E-state index contributed by atoms with van der Waals surface area (Å²) in [7, 11) is 0. The molecule has 0 radical (unpaired) electrons. The zero-order valence-electron chi connectivity index (χ0n) is 11.6. The number of carbonyl (C=O) groups excluding carboxylic acids is 1. The molecule has 0 N–H and O–H groups in total. The zero-order valence-corrected chi connectivity index (χ0v) is 12.4. The zero-order chi connectivity index (χ0) is 14.4. The van der Waals surface area contributed by atoms with Gasteiger partial charge in [-0.25, -0.2) is 0 Å². The van der Waals surface area contributed by atoms with Crippen LogP contribution in [0.1, 0.15) is 40.5 Å². The number of carbonyl (C=O) groups is 1. The Hall–Kier alpha value is -1.43. The summed E-state index contributed by atoms with van der Waals surface area (Å²) < 4.78 is 0. The predicted molar refractivity (Wildman–Crippen MR) is 75.9 cm³/mol. The van der Waals surface area contributed by atoms with Gasteiger partial charge in [0.2, 0.25) is 0 Å². The van der Waals surface area contributed by atoms with Crippen LogP contribution in [0.25, 0.3) is 0 Å². The molecule has 19 heavy (non-hydrogen) atoms. The van der Waals surface area contributed by atoms with Gasteiger partial charge in [0, 0.05) is 23.9 Å². The van der Waals surface area contributed by atoms with Crippen LogP contribution in [0.15, 0.2) is 11.4 Å². The molecule has 1 aromatic rings. The van der Waals surface area contributed by atoms with Crippen molar-refractivity contribution in [1.82, 2.24) is 0 Å². The molecule has 0 spiro atoms. The highest BCUT2D eigenvalue weighted by Gasteiger charge is 2.47. The van der Waals surface area contributed by atoms with Gasteiger partial charge in [0.15, 0.2) is 0 Å². The molecule has 0 amide bonds. The van der Waals surface area contributed by atoms with Crippen LogP contribution in [-0.2, 0) is 4.79 Å². The standard InChI is InChI=1S/C13H18N2O3S/c1-12(2)7-9(16)8-13(3,4)14(12)10-5-6-19-11(10)15(17)18/h5-6H,7-8H2,1-4H3. The van der Waals surface area contributed by atoms with Crippen molar-refractivity contribution in [3.05, 3.63) is 21.6 Å². The van der Waals surface area contributed by atoms with Gasteiger partial charge >= 0.3 is 5.00 Å². The van der Waals surface area contributed by atoms with Crippen LogP contribution < -0.4 is 4.90 Å². The second-order valence-corrected chi connectivity index (χ2v) is 7.12. The Labute approximate surface area is 116 Å². The van der Waals surface area contributed by atoms with E-state index in [-0.39, 0.29) is 15.7 Å². The fourth-order valence-electron chi connectivity index (χ4n) is 3.26. The number of Topliss-reactive ketones (excluding diaryl/α,β-unsaturated/α-hetero) is 1. The van der Waals surface area contributed by atoms with E-state index < -0.39 is 11.1 Å². The van der Waals surface area contributed by atoms with Crippen molar-refractivity contribution >= 4 is 27.8 Å². The van der Waals surface area contributed by atoms with Crippen molar-refractivity contribution in [1.29, 1.82) is 0 Å². The first-order chi connectivity index (χ1) is 8.65. The molecule has 6 heteroatoms. The van der Waals surface area contributed by atoms with Gasteiger partial charge in [-0.15, -0.1) is 0 Å². The van der Waals surface area contributed by atoms with Crippen LogP contribution >= 0.6 is 11.3 Å². The maximum atomic E-state index is 11.9. The molecule has 104 valence electrons. The lowest BCUT2D eigenvalue weighted by atomic mass is 9.78. The molecule has 2 rings (SSSR count). The Morgan fingerprint density at radius 2 is 1.79 bits per heavy atom. The fraction of sp³-hybridized carbons (Fsp3) is 0.615. The molecule has 0 saturated carbocycles. The summed E-state index contributed by atoms with van der Waals surface area (Å²) in [4.78, 5) is 24.7. The average molecular weight is 282 g/mol. The molecule has 1 fully saturated rings. The smallest absolute Gasteiger partial charge is 0.347 e. The van der Waals surface area contributed by atoms with Gasteiger partial charge in [0.05, 0.1) is 4.92 Å². The summed E-state index contributed by atoms with van der Waals surface area (Å²) in [5, 5.41) is 13.0. The molecule has 1 aromatic heterocycles. The molecule has 1 saturated heterocycles. The summed E-state index contributed by atoms with van der Waals surface area (Å²) in [6.07, 6.45) is 0.840. The first kappa shape index (κ1) is 14.0. The van der Waals surface area contributed by atoms with Crippen molar-refractivity contribution in [2.24, 2.45) is 0 Å². The maximum absolute atomic E-state index is 11.9. The molecule has 2 heterocycles. The van der Waals surface area contributed by atoms with Crippen molar-refractivity contribution in [3.63, 3.8) is 0 Å². The molecule has 1 aliphatic rings. The minimum atomic E-state index is -0.412. The van der Waals surface area contributed by atoms with Gasteiger partial charge in [0.25, 0.3) is 0 Å². The first-order valence-electron chi connectivity index (χ1n) is 6.19. The van der Waals surface area contributed by atoms with Gasteiger partial charge in [-0.3, -0.25) is 14.9 Å². The van der Waals surface area contributed by atoms with Crippen molar-refractivity contribution < 1.29 is 9.72 Å². The molecule has 0 bridgehead atoms. The fourth-order valence-corrected chi connectivity index (χ4v) is 3.95. The van der Waals surface area contributed by atoms with Crippen LogP contribution in [0.2, 0.25) is 0 Å². The average Bonchev–Trinajstić information content (AvgIpc) is 2.60. The number of hydrogen-bond donors (Lipinski definition) is 0. The first-order valence-corrected chi connectivity index (χ1v) is 7.07. The lowest BCUT2D eigenvalue weighted by Gasteiger charge is -2.52. The van der Waals surface area contributed by atoms with Gasteiger partial charge in [-0.05, 0) is 39.1 Å². The highest BCUT2D eigenvalue weighted by atomic mass is 32.1. The van der Waals surface area contributed by atoms with Crippen molar-refractivity contribution in [3.8, 4) is 0 Å². The van der Waals surface area contributed by atoms with E-state index in [1.807, 2.05) is 32.6 Å². The summed E-state index contributed by atoms with van der Waals surface area (Å²) in [6, 6.07) is 1.78. The largest absolute Gasteiger partial charge is 0.354 e. The molecular weight excluding hydrogens is 264 g/mol. The van der Waals surface area contributed by atoms with Crippen LogP contribution in [-0.4, -0.2) is 21.8 Å². The van der Waals surface area contributed by atoms with Crippen LogP contribution in [0.4, 0.5) is 10.7 Å². The van der Waals surface area contributed by atoms with E-state index in [0.29, 0.717) is 18.5 Å². The molecule has 1 aliphatic heterocycles. The highest BCUT2D eigenvalue weighted by molar-refractivity contribution is 7.14. The molecule has 0 unspecified atom stereocenters. The minimum Gasteiger partial charge on any atom is -0.354 e. The third-order valence-electron chi connectivity index (χ3n) is 3.50. The van der Waals surface area contributed by atoms with Crippen LogP contribution in [0, 0.1) is 10.1 Å². The molecule has 0 aliphatic carbocycles. The molecule has 0 aromatic carbocycles. The number of nitrogens with zero attached hydrogens (tertiary/aromatic N) is 2. The van der Waals surface area contributed by atoms with E-state index in [0.717, 1.165) is 11.3 Å². The number of hydrogen-bond acceptors (Lipinski definition) is 5. The lowest BCUT2D eigenvalue weighted by molar-refractivity contribution is -0.379. The lowest BCUT2D eigenvalue weighted by Crippen LogP contribution is -2.61. The number of nitro groups is 1. The van der Waals surface area contributed by atoms with E-state index in [4.69, 9.17) is 0 Å². The van der Waals surface area contributed by atoms with Crippen molar-refractivity contribution in [2.45, 2.75) is 51.6 Å². The number of ketones is 1. The topological polar surface area (TPSA) is 63.5 Å². The van der Waals surface area contributed by atoms with Crippen LogP contribution in [0.3, 0.4) is 0 Å². The third kappa shape index (κ3) is 2.36. The Bertz CT molecular complexity index is 514. The van der Waals surface area contributed by atoms with Gasteiger partial charge < -0.3 is 4.90 Å². The normalized spacial score (nSPS) is 21.5. The van der Waals surface area contributed by atoms with E-state index in [1.165, 1.54) is 0 Å². The maximum Gasteiger partial charge on any atom is 0.347 e. The Morgan fingerprint density at radius 1 is 1.26 bits per heavy atom. The predicted octanol–water partition coefficient (Wildman–Crippen LogP) is 3.38. The quantitative estimate of drug-likeness (QED) is 0.616. The van der Waals surface area contributed by atoms with E-state index >= 15 is 0 Å². The highest BCUT2D eigenvalue weighted by Crippen LogP contribution is 2.46. The number of piperidine rings is 1. The summed E-state index contributed by atoms with van der Waals surface area (Å²) >= 11 is 1.13. The van der Waals surface area contributed by atoms with Gasteiger partial charge in [-0.1, -0.05) is 11.3 Å². The van der Waals surface area contributed by atoms with E-state index in [2.05, 4.69) is 0 Å². The second-order valence-electron chi connectivity index (χ2n) is 6.22. The Morgan fingerprint density at radius 3 is 2.26 bits per heavy atom. The Balaban J connectivity index is 2.54. The number of anilines is 1. The second kappa shape index (κ2) is 4.30. The number of rotatable bonds is 2. The van der Waals surface area contributed by atoms with Crippen molar-refractivity contribution in [2.75, 3.05) is 4.90 Å². The van der Waals surface area contributed by atoms with Crippen LogP contribution in [0.5, 0.6) is 0 Å². The monoisotopic (exact) mass is 282 g/mol. The minimum absolute atomic E-state index is 0.149. The molecule has 0 atom stereocenters. The number of thiophene rings is 1. The van der Waals surface area contributed by atoms with Gasteiger partial charge in [-0.2, -0.15) is 0 Å². The summed E-state index contributed by atoms with van der Waals surface area (Å²) in [5.74, 6) is 0.212. The molecule has 5 nitrogen and oxygen atoms in total. The SMILES string of the molecule is CC1(C)CC(=O)CC(C)(C)N1c1ccsc1[N+](=O)[O-].